The Hall–Kier alpha value is -1.62. The fourth-order valence-electron chi connectivity index (χ4n) is 1.92. The Balaban J connectivity index is 2.25. The van der Waals surface area contributed by atoms with Crippen LogP contribution in [0.15, 0.2) is 35.5 Å². The fourth-order valence-corrected chi connectivity index (χ4v) is 2.51. The second-order valence-corrected chi connectivity index (χ2v) is 5.77. The van der Waals surface area contributed by atoms with E-state index in [0.717, 1.165) is 5.56 Å². The van der Waals surface area contributed by atoms with Gasteiger partial charge in [-0.2, -0.15) is 0 Å². The van der Waals surface area contributed by atoms with Crippen LogP contribution in [0.3, 0.4) is 0 Å². The normalized spacial score (nSPS) is 11.0. The molecule has 0 fully saturated rings. The highest BCUT2D eigenvalue weighted by molar-refractivity contribution is 6.42. The molecule has 0 amide bonds. The van der Waals surface area contributed by atoms with Gasteiger partial charge in [-0.25, -0.2) is 0 Å². The predicted octanol–water partition coefficient (Wildman–Crippen LogP) is 5.43. The molecule has 0 heterocycles. The number of hydrogen-bond acceptors (Lipinski definition) is 4. The molecule has 0 bridgehead atoms. The molecule has 2 rings (SSSR count). The van der Waals surface area contributed by atoms with Crippen LogP contribution < -0.4 is 9.47 Å². The molecule has 0 saturated carbocycles. The highest BCUT2D eigenvalue weighted by Crippen LogP contribution is 2.37. The Morgan fingerprint density at radius 3 is 2.48 bits per heavy atom. The third-order valence-electron chi connectivity index (χ3n) is 2.91. The van der Waals surface area contributed by atoms with E-state index in [9.17, 15) is 0 Å². The molecule has 122 valence electrons. The van der Waals surface area contributed by atoms with E-state index in [2.05, 4.69) is 5.16 Å². The first-order chi connectivity index (χ1) is 11.0. The summed E-state index contributed by atoms with van der Waals surface area (Å²) in [4.78, 5) is 0. The van der Waals surface area contributed by atoms with Crippen molar-refractivity contribution in [3.8, 4) is 11.5 Å². The van der Waals surface area contributed by atoms with Crippen molar-refractivity contribution in [1.29, 1.82) is 0 Å². The number of halogens is 3. The van der Waals surface area contributed by atoms with Crippen LogP contribution in [-0.2, 0) is 6.61 Å². The van der Waals surface area contributed by atoms with Gasteiger partial charge in [0.15, 0.2) is 11.5 Å². The maximum atomic E-state index is 8.63. The number of hydrogen-bond donors (Lipinski definition) is 1. The number of nitrogens with zero attached hydrogens (tertiary/aromatic N) is 1. The van der Waals surface area contributed by atoms with Crippen LogP contribution in [0.4, 0.5) is 0 Å². The maximum Gasteiger partial charge on any atom is 0.180 e. The summed E-state index contributed by atoms with van der Waals surface area (Å²) < 4.78 is 11.3. The van der Waals surface area contributed by atoms with E-state index in [1.54, 1.807) is 24.3 Å². The zero-order valence-corrected chi connectivity index (χ0v) is 14.5. The summed E-state index contributed by atoms with van der Waals surface area (Å²) in [6, 6.07) is 8.54. The Morgan fingerprint density at radius 2 is 1.83 bits per heavy atom. The molecule has 2 aromatic carbocycles. The SMILES string of the molecule is CCOc1cc(/C=N/O)cc(Cl)c1OCc1ccc(Cl)c(Cl)c1. The van der Waals surface area contributed by atoms with Gasteiger partial charge in [0.25, 0.3) is 0 Å². The molecule has 0 atom stereocenters. The van der Waals surface area contributed by atoms with Gasteiger partial charge in [0.2, 0.25) is 0 Å². The van der Waals surface area contributed by atoms with Crippen molar-refractivity contribution in [2.75, 3.05) is 6.61 Å². The van der Waals surface area contributed by atoms with E-state index in [-0.39, 0.29) is 6.61 Å². The average molecular weight is 375 g/mol. The molecular formula is C16H14Cl3NO3. The van der Waals surface area contributed by atoms with Gasteiger partial charge in [0.1, 0.15) is 6.61 Å². The van der Waals surface area contributed by atoms with Crippen molar-refractivity contribution in [2.45, 2.75) is 13.5 Å². The maximum absolute atomic E-state index is 8.63. The van der Waals surface area contributed by atoms with Crippen molar-refractivity contribution in [3.63, 3.8) is 0 Å². The standard InChI is InChI=1S/C16H14Cl3NO3/c1-2-22-15-7-11(8-20-21)6-14(19)16(15)23-9-10-3-4-12(17)13(18)5-10/h3-8,21H,2,9H2,1H3/b20-8+. The van der Waals surface area contributed by atoms with Gasteiger partial charge in [-0.05, 0) is 36.8 Å². The summed E-state index contributed by atoms with van der Waals surface area (Å²) in [5.74, 6) is 0.879. The summed E-state index contributed by atoms with van der Waals surface area (Å²) in [6.45, 7) is 2.55. The van der Waals surface area contributed by atoms with Crippen LogP contribution in [0.5, 0.6) is 11.5 Å². The Labute approximate surface area is 149 Å². The van der Waals surface area contributed by atoms with E-state index in [4.69, 9.17) is 49.5 Å². The monoisotopic (exact) mass is 373 g/mol. The zero-order chi connectivity index (χ0) is 16.8. The van der Waals surface area contributed by atoms with Crippen molar-refractivity contribution in [2.24, 2.45) is 5.16 Å². The van der Waals surface area contributed by atoms with Gasteiger partial charge in [-0.1, -0.05) is 46.0 Å². The highest BCUT2D eigenvalue weighted by Gasteiger charge is 2.13. The average Bonchev–Trinajstić information content (AvgIpc) is 2.50. The van der Waals surface area contributed by atoms with Gasteiger partial charge in [0.05, 0.1) is 27.9 Å². The van der Waals surface area contributed by atoms with Crippen molar-refractivity contribution in [1.82, 2.24) is 0 Å². The molecule has 2 aromatic rings. The van der Waals surface area contributed by atoms with Gasteiger partial charge in [0, 0.05) is 5.56 Å². The predicted molar refractivity (Wildman–Crippen MR) is 92.8 cm³/mol. The summed E-state index contributed by atoms with van der Waals surface area (Å²) in [5.41, 5.74) is 1.45. The topological polar surface area (TPSA) is 51.0 Å². The van der Waals surface area contributed by atoms with E-state index < -0.39 is 0 Å². The lowest BCUT2D eigenvalue weighted by Gasteiger charge is -2.14. The molecule has 1 N–H and O–H groups in total. The first-order valence-electron chi connectivity index (χ1n) is 6.75. The third kappa shape index (κ3) is 4.67. The molecule has 23 heavy (non-hydrogen) atoms. The quantitative estimate of drug-likeness (QED) is 0.416. The molecule has 0 aliphatic rings. The molecule has 0 spiro atoms. The van der Waals surface area contributed by atoms with Crippen LogP contribution in [0.25, 0.3) is 0 Å². The number of ether oxygens (including phenoxy) is 2. The van der Waals surface area contributed by atoms with Crippen LogP contribution in [0.1, 0.15) is 18.1 Å². The molecule has 0 radical (unpaired) electrons. The van der Waals surface area contributed by atoms with E-state index in [1.165, 1.54) is 6.21 Å². The fraction of sp³-hybridized carbons (Fsp3) is 0.188. The Morgan fingerprint density at radius 1 is 1.04 bits per heavy atom. The lowest BCUT2D eigenvalue weighted by atomic mass is 10.2. The summed E-state index contributed by atoms with van der Waals surface area (Å²) in [7, 11) is 0. The molecule has 0 saturated heterocycles. The first kappa shape index (κ1) is 17.7. The summed E-state index contributed by atoms with van der Waals surface area (Å²) in [6.07, 6.45) is 1.26. The molecule has 0 unspecified atom stereocenters. The summed E-state index contributed by atoms with van der Waals surface area (Å²) in [5, 5.41) is 12.9. The third-order valence-corrected chi connectivity index (χ3v) is 3.93. The zero-order valence-electron chi connectivity index (χ0n) is 12.2. The number of rotatable bonds is 6. The van der Waals surface area contributed by atoms with Crippen molar-refractivity contribution in [3.05, 3.63) is 56.5 Å². The second kappa shape index (κ2) is 8.29. The minimum atomic E-state index is 0.254. The van der Waals surface area contributed by atoms with Crippen LogP contribution in [-0.4, -0.2) is 18.0 Å². The van der Waals surface area contributed by atoms with Crippen molar-refractivity contribution >= 4 is 41.0 Å². The van der Waals surface area contributed by atoms with Crippen LogP contribution >= 0.6 is 34.8 Å². The van der Waals surface area contributed by atoms with Gasteiger partial charge < -0.3 is 14.7 Å². The van der Waals surface area contributed by atoms with Crippen LogP contribution in [0.2, 0.25) is 15.1 Å². The highest BCUT2D eigenvalue weighted by atomic mass is 35.5. The molecule has 0 aromatic heterocycles. The smallest absolute Gasteiger partial charge is 0.180 e. The van der Waals surface area contributed by atoms with E-state index in [1.807, 2.05) is 13.0 Å². The first-order valence-corrected chi connectivity index (χ1v) is 7.89. The number of benzene rings is 2. The van der Waals surface area contributed by atoms with Gasteiger partial charge >= 0.3 is 0 Å². The molecular weight excluding hydrogens is 361 g/mol. The van der Waals surface area contributed by atoms with Gasteiger partial charge in [-0.15, -0.1) is 0 Å². The minimum Gasteiger partial charge on any atom is -0.490 e. The molecule has 7 heteroatoms. The lowest BCUT2D eigenvalue weighted by molar-refractivity contribution is 0.269. The summed E-state index contributed by atoms with van der Waals surface area (Å²) >= 11 is 18.1. The molecule has 0 aliphatic carbocycles. The Bertz CT molecular complexity index is 720. The molecule has 4 nitrogen and oxygen atoms in total. The minimum absolute atomic E-state index is 0.254. The van der Waals surface area contributed by atoms with E-state index >= 15 is 0 Å². The van der Waals surface area contributed by atoms with E-state index in [0.29, 0.717) is 38.7 Å². The van der Waals surface area contributed by atoms with Crippen LogP contribution in [0, 0.1) is 0 Å². The van der Waals surface area contributed by atoms with Crippen molar-refractivity contribution < 1.29 is 14.7 Å². The lowest BCUT2D eigenvalue weighted by Crippen LogP contribution is -2.01. The second-order valence-electron chi connectivity index (χ2n) is 4.54. The Kier molecular flexibility index (Phi) is 6.39. The molecule has 0 aliphatic heterocycles. The largest absolute Gasteiger partial charge is 0.490 e. The number of oxime groups is 1. The van der Waals surface area contributed by atoms with Gasteiger partial charge in [-0.3, -0.25) is 0 Å².